The van der Waals surface area contributed by atoms with Gasteiger partial charge in [-0.3, -0.25) is 0 Å². The van der Waals surface area contributed by atoms with Gasteiger partial charge in [0.1, 0.15) is 5.75 Å². The molecular formula is C19H15BrO. The van der Waals surface area contributed by atoms with Crippen molar-refractivity contribution in [1.82, 2.24) is 0 Å². The second-order valence-corrected chi connectivity index (χ2v) is 5.73. The van der Waals surface area contributed by atoms with E-state index in [0.717, 1.165) is 10.2 Å². The van der Waals surface area contributed by atoms with Gasteiger partial charge in [-0.2, -0.15) is 0 Å². The first-order chi connectivity index (χ1) is 10.3. The molecule has 0 unspecified atom stereocenters. The van der Waals surface area contributed by atoms with E-state index < -0.39 is 0 Å². The third-order valence-corrected chi connectivity index (χ3v) is 4.01. The summed E-state index contributed by atoms with van der Waals surface area (Å²) in [7, 11) is 1.68. The average molecular weight is 339 g/mol. The quantitative estimate of drug-likeness (QED) is 0.587. The first-order valence-corrected chi connectivity index (χ1v) is 7.56. The predicted molar refractivity (Wildman–Crippen MR) is 91.6 cm³/mol. The van der Waals surface area contributed by atoms with Gasteiger partial charge in [0, 0.05) is 4.47 Å². The molecule has 0 N–H and O–H groups in total. The SMILES string of the molecule is COc1ccc(-c2ccc(-c3ccc(Br)cc3)cc2)cc1. The van der Waals surface area contributed by atoms with E-state index in [0.29, 0.717) is 0 Å². The number of rotatable bonds is 3. The second kappa shape index (κ2) is 6.15. The number of benzene rings is 3. The molecule has 0 aromatic heterocycles. The largest absolute Gasteiger partial charge is 0.497 e. The lowest BCUT2D eigenvalue weighted by molar-refractivity contribution is 0.415. The van der Waals surface area contributed by atoms with E-state index in [9.17, 15) is 0 Å². The summed E-state index contributed by atoms with van der Waals surface area (Å²) in [5, 5.41) is 0. The van der Waals surface area contributed by atoms with Crippen LogP contribution in [0.1, 0.15) is 0 Å². The van der Waals surface area contributed by atoms with E-state index in [4.69, 9.17) is 4.74 Å². The zero-order valence-electron chi connectivity index (χ0n) is 11.7. The fourth-order valence-corrected chi connectivity index (χ4v) is 2.55. The Kier molecular flexibility index (Phi) is 4.07. The molecule has 0 aliphatic heterocycles. The van der Waals surface area contributed by atoms with Crippen molar-refractivity contribution in [3.8, 4) is 28.0 Å². The highest BCUT2D eigenvalue weighted by molar-refractivity contribution is 9.10. The molecule has 0 spiro atoms. The summed E-state index contributed by atoms with van der Waals surface area (Å²) >= 11 is 3.46. The summed E-state index contributed by atoms with van der Waals surface area (Å²) in [5.41, 5.74) is 4.84. The van der Waals surface area contributed by atoms with Crippen molar-refractivity contribution < 1.29 is 4.74 Å². The maximum absolute atomic E-state index is 5.19. The maximum atomic E-state index is 5.19. The topological polar surface area (TPSA) is 9.23 Å². The van der Waals surface area contributed by atoms with E-state index >= 15 is 0 Å². The van der Waals surface area contributed by atoms with Gasteiger partial charge in [-0.1, -0.05) is 64.5 Å². The van der Waals surface area contributed by atoms with Crippen molar-refractivity contribution >= 4 is 15.9 Å². The molecule has 3 rings (SSSR count). The fraction of sp³-hybridized carbons (Fsp3) is 0.0526. The molecule has 0 saturated heterocycles. The lowest BCUT2D eigenvalue weighted by Gasteiger charge is -2.06. The Balaban J connectivity index is 1.87. The van der Waals surface area contributed by atoms with E-state index in [1.807, 2.05) is 12.1 Å². The summed E-state index contributed by atoms with van der Waals surface area (Å²) in [6.45, 7) is 0. The molecule has 0 fully saturated rings. The minimum Gasteiger partial charge on any atom is -0.497 e. The number of halogens is 1. The van der Waals surface area contributed by atoms with Gasteiger partial charge >= 0.3 is 0 Å². The molecule has 0 amide bonds. The molecule has 1 nitrogen and oxygen atoms in total. The Bertz CT molecular complexity index is 713. The van der Waals surface area contributed by atoms with E-state index in [-0.39, 0.29) is 0 Å². The summed E-state index contributed by atoms with van der Waals surface area (Å²) in [4.78, 5) is 0. The van der Waals surface area contributed by atoms with Crippen LogP contribution in [0.4, 0.5) is 0 Å². The third kappa shape index (κ3) is 3.17. The fourth-order valence-electron chi connectivity index (χ4n) is 2.28. The van der Waals surface area contributed by atoms with Crippen LogP contribution in [0.2, 0.25) is 0 Å². The molecule has 3 aromatic carbocycles. The summed E-state index contributed by atoms with van der Waals surface area (Å²) in [6, 6.07) is 25.1. The average Bonchev–Trinajstić information content (AvgIpc) is 2.56. The molecule has 0 radical (unpaired) electrons. The van der Waals surface area contributed by atoms with Crippen LogP contribution < -0.4 is 4.74 Å². The van der Waals surface area contributed by atoms with Crippen molar-refractivity contribution in [1.29, 1.82) is 0 Å². The van der Waals surface area contributed by atoms with E-state index in [1.165, 1.54) is 22.3 Å². The second-order valence-electron chi connectivity index (χ2n) is 4.81. The maximum Gasteiger partial charge on any atom is 0.118 e. The van der Waals surface area contributed by atoms with Gasteiger partial charge in [-0.15, -0.1) is 0 Å². The first-order valence-electron chi connectivity index (χ1n) is 6.77. The van der Waals surface area contributed by atoms with Crippen LogP contribution >= 0.6 is 15.9 Å². The monoisotopic (exact) mass is 338 g/mol. The molecule has 3 aromatic rings. The molecule has 0 heterocycles. The van der Waals surface area contributed by atoms with Crippen LogP contribution in [0.15, 0.2) is 77.3 Å². The Morgan fingerprint density at radius 2 is 0.905 bits per heavy atom. The molecule has 104 valence electrons. The Hall–Kier alpha value is -2.06. The Labute approximate surface area is 133 Å². The zero-order chi connectivity index (χ0) is 14.7. The number of ether oxygens (including phenoxy) is 1. The normalized spacial score (nSPS) is 10.4. The predicted octanol–water partition coefficient (Wildman–Crippen LogP) is 5.79. The highest BCUT2D eigenvalue weighted by Gasteiger charge is 2.01. The van der Waals surface area contributed by atoms with Gasteiger partial charge in [0.05, 0.1) is 7.11 Å². The van der Waals surface area contributed by atoms with Gasteiger partial charge < -0.3 is 4.74 Å². The molecule has 0 saturated carbocycles. The van der Waals surface area contributed by atoms with Crippen molar-refractivity contribution in [2.75, 3.05) is 7.11 Å². The van der Waals surface area contributed by atoms with Crippen molar-refractivity contribution in [3.63, 3.8) is 0 Å². The zero-order valence-corrected chi connectivity index (χ0v) is 13.3. The molecule has 0 atom stereocenters. The van der Waals surface area contributed by atoms with Crippen LogP contribution in [0.3, 0.4) is 0 Å². The molecule has 0 bridgehead atoms. The lowest BCUT2D eigenvalue weighted by Crippen LogP contribution is -1.83. The molecule has 0 aliphatic rings. The van der Waals surface area contributed by atoms with Crippen LogP contribution in [-0.4, -0.2) is 7.11 Å². The molecular weight excluding hydrogens is 324 g/mol. The molecule has 2 heteroatoms. The van der Waals surface area contributed by atoms with Gasteiger partial charge in [-0.25, -0.2) is 0 Å². The summed E-state index contributed by atoms with van der Waals surface area (Å²) < 4.78 is 6.29. The van der Waals surface area contributed by atoms with Crippen molar-refractivity contribution in [2.24, 2.45) is 0 Å². The third-order valence-electron chi connectivity index (χ3n) is 3.49. The van der Waals surface area contributed by atoms with Gasteiger partial charge in [-0.05, 0) is 46.5 Å². The standard InChI is InChI=1S/C19H15BrO/c1-21-19-12-8-17(9-13-19)15-4-2-14(3-5-15)16-6-10-18(20)11-7-16/h2-13H,1H3. The number of methoxy groups -OCH3 is 1. The van der Waals surface area contributed by atoms with Crippen LogP contribution in [0.25, 0.3) is 22.3 Å². The van der Waals surface area contributed by atoms with Crippen LogP contribution in [-0.2, 0) is 0 Å². The Morgan fingerprint density at radius 1 is 0.571 bits per heavy atom. The summed E-state index contributed by atoms with van der Waals surface area (Å²) in [5.74, 6) is 0.880. The highest BCUT2D eigenvalue weighted by atomic mass is 79.9. The smallest absolute Gasteiger partial charge is 0.118 e. The molecule has 0 aliphatic carbocycles. The van der Waals surface area contributed by atoms with E-state index in [2.05, 4.69) is 76.6 Å². The van der Waals surface area contributed by atoms with E-state index in [1.54, 1.807) is 7.11 Å². The van der Waals surface area contributed by atoms with Crippen LogP contribution in [0.5, 0.6) is 5.75 Å². The minimum absolute atomic E-state index is 0.880. The number of hydrogen-bond acceptors (Lipinski definition) is 1. The van der Waals surface area contributed by atoms with Crippen LogP contribution in [0, 0.1) is 0 Å². The van der Waals surface area contributed by atoms with Gasteiger partial charge in [0.25, 0.3) is 0 Å². The van der Waals surface area contributed by atoms with Gasteiger partial charge in [0.2, 0.25) is 0 Å². The Morgan fingerprint density at radius 3 is 1.29 bits per heavy atom. The van der Waals surface area contributed by atoms with Crippen molar-refractivity contribution in [3.05, 3.63) is 77.3 Å². The first kappa shape index (κ1) is 13.9. The minimum atomic E-state index is 0.880. The lowest BCUT2D eigenvalue weighted by atomic mass is 10.0. The number of hydrogen-bond donors (Lipinski definition) is 0. The molecule has 21 heavy (non-hydrogen) atoms. The van der Waals surface area contributed by atoms with Gasteiger partial charge in [0.15, 0.2) is 0 Å². The highest BCUT2D eigenvalue weighted by Crippen LogP contribution is 2.27. The summed E-state index contributed by atoms with van der Waals surface area (Å²) in [6.07, 6.45) is 0. The van der Waals surface area contributed by atoms with Crippen molar-refractivity contribution in [2.45, 2.75) is 0 Å².